The largest absolute Gasteiger partial charge is 0.388 e. The normalized spacial score (nSPS) is 27.5. The molecule has 5 saturated carbocycles. The molecule has 5 aliphatic carbocycles. The van der Waals surface area contributed by atoms with Gasteiger partial charge in [-0.3, -0.25) is 24.0 Å². The SMILES string of the molecule is C[C@@H]1CCC[C@](O)(CNC(=O)c2cn(C3COC3)c3nccc(Cl)c23)C1.C[C@@H]1CCC[C@](O)(CNC(=O)c2cn(CC3CCCO3)c3nccc(Cl)c23)C1.C[C@@H]1CCC[C@](O)(CNC(=O)c2cn(CC3CCOC3)c3nccc(Cl)c23)C1.C[C@H]1CCC[C@@](O)(CNC(=O)c2cn(C3COC3)c3nccc(Cl)c23)C1.C[C@H]1CCC[C@@](O)(CNC(=O)c2cn(CC3CCCO3)c3nccc(Cl)c23)C1. The minimum absolute atomic E-state index is 0.136. The molecule has 10 N–H and O–H groups in total. The first-order chi connectivity index (χ1) is 65.3. The number of halogens is 5. The van der Waals surface area contributed by atoms with Gasteiger partial charge in [-0.1, -0.05) is 157 Å². The monoisotopic (exact) mass is 1970 g/mol. The molecule has 0 radical (unpaired) electrons. The van der Waals surface area contributed by atoms with Gasteiger partial charge in [-0.25, -0.2) is 24.9 Å². The third-order valence-electron chi connectivity index (χ3n) is 29.2. The van der Waals surface area contributed by atoms with E-state index in [0.29, 0.717) is 177 Å². The number of pyridine rings is 5. The molecule has 736 valence electrons. The van der Waals surface area contributed by atoms with E-state index in [9.17, 15) is 49.5 Å². The van der Waals surface area contributed by atoms with Gasteiger partial charge in [-0.15, -0.1) is 0 Å². The van der Waals surface area contributed by atoms with Gasteiger partial charge in [0.15, 0.2) is 0 Å². The smallest absolute Gasteiger partial charge is 0.253 e. The molecule has 0 aromatic carbocycles. The molecule has 30 nitrogen and oxygen atoms in total. The number of hydrogen-bond donors (Lipinski definition) is 10. The van der Waals surface area contributed by atoms with Crippen molar-refractivity contribution in [3.05, 3.63) is 145 Å². The fraction of sp³-hybridized carbons (Fsp3) is 0.604. The summed E-state index contributed by atoms with van der Waals surface area (Å²) in [6, 6.07) is 8.85. The van der Waals surface area contributed by atoms with Crippen LogP contribution in [-0.2, 0) is 43.3 Å². The molecule has 3 unspecified atom stereocenters. The molecule has 5 aliphatic heterocycles. The lowest BCUT2D eigenvalue weighted by Gasteiger charge is -2.35. The van der Waals surface area contributed by atoms with Gasteiger partial charge in [0.25, 0.3) is 29.5 Å². The molecule has 10 fully saturated rings. The highest BCUT2D eigenvalue weighted by Gasteiger charge is 2.41. The third-order valence-corrected chi connectivity index (χ3v) is 30.8. The van der Waals surface area contributed by atoms with Crippen LogP contribution in [0.2, 0.25) is 25.1 Å². The van der Waals surface area contributed by atoms with Crippen LogP contribution in [0.1, 0.15) is 259 Å². The fourth-order valence-corrected chi connectivity index (χ4v) is 23.3. The molecule has 13 atom stereocenters. The van der Waals surface area contributed by atoms with Gasteiger partial charge in [0.2, 0.25) is 0 Å². The van der Waals surface area contributed by atoms with Crippen LogP contribution < -0.4 is 26.6 Å². The molecule has 10 aliphatic rings. The maximum atomic E-state index is 13.0. The maximum Gasteiger partial charge on any atom is 0.253 e. The van der Waals surface area contributed by atoms with E-state index in [1.165, 1.54) is 0 Å². The summed E-state index contributed by atoms with van der Waals surface area (Å²) in [7, 11) is 0. The Balaban J connectivity index is 0.000000123. The highest BCUT2D eigenvalue weighted by atomic mass is 35.5. The van der Waals surface area contributed by atoms with Gasteiger partial charge in [-0.2, -0.15) is 0 Å². The topological polar surface area (TPSA) is 382 Å². The van der Waals surface area contributed by atoms with E-state index in [2.05, 4.69) is 86.1 Å². The minimum Gasteiger partial charge on any atom is -0.388 e. The second-order valence-electron chi connectivity index (χ2n) is 40.9. The summed E-state index contributed by atoms with van der Waals surface area (Å²) in [5.74, 6) is 1.68. The van der Waals surface area contributed by atoms with Gasteiger partial charge in [0, 0.05) is 127 Å². The molecule has 10 aromatic rings. The number of aliphatic hydroxyl groups is 5. The predicted molar refractivity (Wildman–Crippen MR) is 525 cm³/mol. The van der Waals surface area contributed by atoms with Crippen molar-refractivity contribution in [2.75, 3.05) is 85.6 Å². The van der Waals surface area contributed by atoms with Crippen molar-refractivity contribution in [3.8, 4) is 0 Å². The van der Waals surface area contributed by atoms with Gasteiger partial charge in [0.05, 0.1) is 178 Å². The molecule has 35 heteroatoms. The molecule has 0 spiro atoms. The lowest BCUT2D eigenvalue weighted by molar-refractivity contribution is -0.0216. The van der Waals surface area contributed by atoms with Crippen molar-refractivity contribution in [2.24, 2.45) is 35.5 Å². The zero-order chi connectivity index (χ0) is 95.8. The van der Waals surface area contributed by atoms with E-state index in [1.807, 2.05) is 41.4 Å². The lowest BCUT2D eigenvalue weighted by atomic mass is 9.79. The number of carbonyl (C=O) groups excluding carboxylic acids is 5. The Morgan fingerprint density at radius 1 is 0.338 bits per heavy atom. The van der Waals surface area contributed by atoms with Crippen LogP contribution in [-0.4, -0.2) is 229 Å². The Labute approximate surface area is 818 Å². The lowest BCUT2D eigenvalue weighted by Crippen LogP contribution is -2.45. The highest BCUT2D eigenvalue weighted by Crippen LogP contribution is 2.42. The van der Waals surface area contributed by atoms with Crippen LogP contribution in [0.5, 0.6) is 0 Å². The molecule has 136 heavy (non-hydrogen) atoms. The second-order valence-corrected chi connectivity index (χ2v) is 42.9. The number of rotatable bonds is 23. The molecule has 15 heterocycles. The molecule has 0 bridgehead atoms. The van der Waals surface area contributed by atoms with E-state index in [4.69, 9.17) is 81.7 Å². The van der Waals surface area contributed by atoms with E-state index >= 15 is 0 Å². The summed E-state index contributed by atoms with van der Waals surface area (Å²) in [6.45, 7) is 19.6. The van der Waals surface area contributed by atoms with E-state index in [1.54, 1.807) is 73.7 Å². The van der Waals surface area contributed by atoms with Crippen LogP contribution in [0.4, 0.5) is 0 Å². The summed E-state index contributed by atoms with van der Waals surface area (Å²) in [5, 5.41) is 74.5. The number of nitrogens with zero attached hydrogens (tertiary/aromatic N) is 10. The number of hydrogen-bond acceptors (Lipinski definition) is 20. The van der Waals surface area contributed by atoms with Crippen molar-refractivity contribution in [2.45, 2.75) is 267 Å². The van der Waals surface area contributed by atoms with Crippen molar-refractivity contribution < 1.29 is 73.2 Å². The van der Waals surface area contributed by atoms with E-state index in [-0.39, 0.29) is 86.6 Å². The van der Waals surface area contributed by atoms with Crippen molar-refractivity contribution in [3.63, 3.8) is 0 Å². The van der Waals surface area contributed by atoms with Crippen LogP contribution >= 0.6 is 58.0 Å². The first-order valence-corrected chi connectivity index (χ1v) is 50.9. The fourth-order valence-electron chi connectivity index (χ4n) is 22.1. The van der Waals surface area contributed by atoms with Gasteiger partial charge >= 0.3 is 0 Å². The van der Waals surface area contributed by atoms with Crippen LogP contribution in [0.15, 0.2) is 92.3 Å². The molecular weight excluding hydrogens is 1840 g/mol. The van der Waals surface area contributed by atoms with Crippen LogP contribution in [0, 0.1) is 35.5 Å². The third kappa shape index (κ3) is 24.2. The number of nitrogens with one attached hydrogen (secondary N) is 5. The molecular formula is C101H132Cl5N15O15. The zero-order valence-corrected chi connectivity index (χ0v) is 82.4. The Hall–Kier alpha value is -8.15. The first-order valence-electron chi connectivity index (χ1n) is 49.0. The Morgan fingerprint density at radius 3 is 0.846 bits per heavy atom. The summed E-state index contributed by atoms with van der Waals surface area (Å²) >= 11 is 32.0. The standard InChI is InChI=1S/3C21H28ClN3O3.2C19H24ClN3O3/c2*1-14-4-2-7-21(27,10-14)13-24-20(26)16-12-25(11-15-5-3-9-28-15)19-18(16)17(22)6-8-23-19;1-14-3-2-6-21(27,9-14)13-24-20(26)16-11-25(10-15-5-8-28-12-15)19-18(16)17(22)4-7-23-19;2*1-12-3-2-5-19(25,7-12)11-22-18(24)14-8-23(13-9-26-10-13)17-16(14)15(20)4-6-21-17/h2*6,8,12,14-15,27H,2-5,7,9-11,13H2,1H3,(H,24,26);4,7,11,14-15,27H,2-3,5-6,8-10,12-13H2,1H3,(H,24,26);2*4,6,8,12-13,25H,2-3,5,7,9-11H2,1H3,(H,22,24)/t3*14-,15?,21-;2*12-,19-/m10110/s1. The Morgan fingerprint density at radius 2 is 0.603 bits per heavy atom. The molecule has 5 amide bonds. The number of aromatic nitrogens is 10. The maximum absolute atomic E-state index is 13.0. The Bertz CT molecular complexity index is 5410. The summed E-state index contributed by atoms with van der Waals surface area (Å²) in [5.41, 5.74) is 1.87. The molecule has 20 rings (SSSR count). The molecule has 10 aromatic heterocycles. The van der Waals surface area contributed by atoms with Crippen molar-refractivity contribution >= 4 is 143 Å². The van der Waals surface area contributed by atoms with Gasteiger partial charge in [0.1, 0.15) is 28.2 Å². The number of ether oxygens (including phenoxy) is 5. The summed E-state index contributed by atoms with van der Waals surface area (Å²) < 4.78 is 37.4. The average Bonchev–Trinajstić information content (AvgIpc) is 1.61. The zero-order valence-electron chi connectivity index (χ0n) is 78.6. The quantitative estimate of drug-likeness (QED) is 0.0284. The second kappa shape index (κ2) is 44.3. The van der Waals surface area contributed by atoms with Crippen LogP contribution in [0.3, 0.4) is 0 Å². The van der Waals surface area contributed by atoms with Crippen molar-refractivity contribution in [1.29, 1.82) is 0 Å². The summed E-state index contributed by atoms with van der Waals surface area (Å²) in [6.07, 6.45) is 40.6. The number of carbonyl (C=O) groups is 5. The first kappa shape index (κ1) is 101. The minimum atomic E-state index is -0.828. The van der Waals surface area contributed by atoms with Gasteiger partial charge < -0.3 is 98.6 Å². The van der Waals surface area contributed by atoms with E-state index < -0.39 is 28.0 Å². The number of fused-ring (bicyclic) bond motifs is 5. The van der Waals surface area contributed by atoms with Gasteiger partial charge in [-0.05, 0) is 156 Å². The Kier molecular flexibility index (Phi) is 32.9. The van der Waals surface area contributed by atoms with E-state index in [0.717, 1.165) is 199 Å². The average molecular weight is 1970 g/mol. The molecule has 5 saturated heterocycles. The highest BCUT2D eigenvalue weighted by molar-refractivity contribution is 6.39. The van der Waals surface area contributed by atoms with Crippen LogP contribution in [0.25, 0.3) is 55.2 Å². The predicted octanol–water partition coefficient (Wildman–Crippen LogP) is 16.3. The summed E-state index contributed by atoms with van der Waals surface area (Å²) in [4.78, 5) is 86.9. The number of amides is 5. The van der Waals surface area contributed by atoms with Crippen molar-refractivity contribution in [1.82, 2.24) is 74.3 Å².